The number of benzene rings is 4. The molecule has 1 amide bonds. The summed E-state index contributed by atoms with van der Waals surface area (Å²) in [7, 11) is 0. The molecule has 0 aliphatic rings. The maximum atomic E-state index is 10.7. The van der Waals surface area contributed by atoms with Crippen molar-refractivity contribution in [1.29, 1.82) is 0 Å². The Morgan fingerprint density at radius 2 is 1.08 bits per heavy atom. The van der Waals surface area contributed by atoms with Crippen LogP contribution >= 0.6 is 0 Å². The largest absolute Gasteiger partial charge is 0.507 e. The van der Waals surface area contributed by atoms with E-state index in [9.17, 15) is 9.90 Å². The van der Waals surface area contributed by atoms with Gasteiger partial charge in [0.1, 0.15) is 5.75 Å². The predicted octanol–water partition coefficient (Wildman–Crippen LogP) is 8.01. The Morgan fingerprint density at radius 1 is 0.649 bits per heavy atom. The van der Waals surface area contributed by atoms with Crippen molar-refractivity contribution in [3.8, 4) is 5.75 Å². The van der Waals surface area contributed by atoms with E-state index in [1.165, 1.54) is 0 Å². The average molecular weight is 490 g/mol. The zero-order chi connectivity index (χ0) is 26.3. The van der Waals surface area contributed by atoms with Crippen LogP contribution in [-0.4, -0.2) is 17.8 Å². The second-order valence-corrected chi connectivity index (χ2v) is 7.99. The van der Waals surface area contributed by atoms with Gasteiger partial charge in [-0.1, -0.05) is 134 Å². The Bertz CT molecular complexity index is 1340. The molecule has 4 heteroatoms. The zero-order valence-corrected chi connectivity index (χ0v) is 20.8. The van der Waals surface area contributed by atoms with E-state index in [4.69, 9.17) is 0 Å². The minimum absolute atomic E-state index is 0.261. The molecule has 4 nitrogen and oxygen atoms in total. The molecule has 0 unspecified atom stereocenters. The molecule has 3 N–H and O–H groups in total. The fourth-order valence-electron chi connectivity index (χ4n) is 3.53. The van der Waals surface area contributed by atoms with Gasteiger partial charge in [-0.2, -0.15) is 0 Å². The number of ether oxygens (including phenoxy) is 1. The summed E-state index contributed by atoms with van der Waals surface area (Å²) in [5.74, 6) is 0.261. The van der Waals surface area contributed by atoms with Gasteiger partial charge >= 0.3 is 6.09 Å². The van der Waals surface area contributed by atoms with E-state index in [1.807, 2.05) is 84.9 Å². The molecular formula is C33H31NO3. The summed E-state index contributed by atoms with van der Waals surface area (Å²) in [5.41, 5.74) is 10.7. The van der Waals surface area contributed by atoms with Gasteiger partial charge in [-0.05, 0) is 40.8 Å². The average Bonchev–Trinajstić information content (AvgIpc) is 2.92. The first-order chi connectivity index (χ1) is 18.1. The third kappa shape index (κ3) is 9.04. The molecule has 0 spiro atoms. The van der Waals surface area contributed by atoms with Crippen LogP contribution in [0.2, 0.25) is 0 Å². The molecule has 0 bridgehead atoms. The monoisotopic (exact) mass is 489 g/mol. The fraction of sp³-hybridized carbons (Fsp3) is 0.0606. The van der Waals surface area contributed by atoms with Crippen molar-refractivity contribution in [3.63, 3.8) is 0 Å². The topological polar surface area (TPSA) is 72.5 Å². The van der Waals surface area contributed by atoms with Gasteiger partial charge in [-0.3, -0.25) is 0 Å². The van der Waals surface area contributed by atoms with E-state index in [0.29, 0.717) is 6.61 Å². The molecule has 0 aliphatic heterocycles. The van der Waals surface area contributed by atoms with Crippen LogP contribution in [0.15, 0.2) is 103 Å². The van der Waals surface area contributed by atoms with Crippen molar-refractivity contribution in [2.24, 2.45) is 5.73 Å². The molecule has 0 heterocycles. The van der Waals surface area contributed by atoms with Crippen LogP contribution in [0.5, 0.6) is 5.75 Å². The number of nitrogens with two attached hydrogens (primary N) is 1. The highest BCUT2D eigenvalue weighted by atomic mass is 16.5. The van der Waals surface area contributed by atoms with Crippen LogP contribution < -0.4 is 5.73 Å². The first kappa shape index (κ1) is 26.8. The molecule has 186 valence electrons. The minimum atomic E-state index is -0.711. The fourth-order valence-corrected chi connectivity index (χ4v) is 3.53. The van der Waals surface area contributed by atoms with E-state index in [2.05, 4.69) is 59.0 Å². The van der Waals surface area contributed by atoms with Crippen LogP contribution in [0, 0.1) is 0 Å². The molecule has 0 aromatic heterocycles. The molecule has 4 aromatic carbocycles. The number of aromatic hydroxyl groups is 1. The summed E-state index contributed by atoms with van der Waals surface area (Å²) >= 11 is 0. The molecule has 37 heavy (non-hydrogen) atoms. The Labute approximate surface area is 218 Å². The van der Waals surface area contributed by atoms with Gasteiger partial charge in [0.25, 0.3) is 0 Å². The maximum Gasteiger partial charge on any atom is 0.404 e. The van der Waals surface area contributed by atoms with Gasteiger partial charge in [-0.25, -0.2) is 4.79 Å². The van der Waals surface area contributed by atoms with Crippen molar-refractivity contribution in [2.75, 3.05) is 6.61 Å². The highest BCUT2D eigenvalue weighted by Crippen LogP contribution is 2.30. The summed E-state index contributed by atoms with van der Waals surface area (Å²) in [4.78, 5) is 9.60. The van der Waals surface area contributed by atoms with Crippen LogP contribution in [0.3, 0.4) is 0 Å². The number of rotatable bonds is 7. The summed E-state index contributed by atoms with van der Waals surface area (Å²) in [6.45, 7) is 2.06. The number of hydrogen-bond donors (Lipinski definition) is 2. The quantitative estimate of drug-likeness (QED) is 0.258. The van der Waals surface area contributed by atoms with Crippen LogP contribution in [0.4, 0.5) is 4.79 Å². The van der Waals surface area contributed by atoms with Gasteiger partial charge in [0.2, 0.25) is 0 Å². The number of primary amides is 1. The molecule has 0 radical (unpaired) electrons. The van der Waals surface area contributed by atoms with Crippen molar-refractivity contribution in [1.82, 2.24) is 0 Å². The first-order valence-corrected chi connectivity index (χ1v) is 12.0. The highest BCUT2D eigenvalue weighted by Gasteiger charge is 2.08. The molecule has 0 atom stereocenters. The lowest BCUT2D eigenvalue weighted by Crippen LogP contribution is -2.11. The standard InChI is InChI=1S/C30H24O.C3H7NO2/c31-30-23-20-27(19-16-24-10-4-1-5-11-24)28(21-17-25-12-6-2-7-13-25)29(30)22-18-26-14-8-3-9-15-26;1-2-6-3(4)5/h1-23,31H;2H2,1H3,(H2,4,5). The molecule has 0 fully saturated rings. The summed E-state index contributed by atoms with van der Waals surface area (Å²) in [6, 6.07) is 34.2. The highest BCUT2D eigenvalue weighted by molar-refractivity contribution is 5.87. The SMILES string of the molecule is CCOC(N)=O.Oc1ccc(C=Cc2ccccc2)c(C=Cc2ccccc2)c1C=Cc1ccccc1. The van der Waals surface area contributed by atoms with E-state index < -0.39 is 6.09 Å². The lowest BCUT2D eigenvalue weighted by molar-refractivity contribution is 0.163. The van der Waals surface area contributed by atoms with Gasteiger partial charge in [0.15, 0.2) is 0 Å². The van der Waals surface area contributed by atoms with Crippen molar-refractivity contribution < 1.29 is 14.6 Å². The molecule has 0 aliphatic carbocycles. The summed E-state index contributed by atoms with van der Waals surface area (Å²) in [6.07, 6.45) is 11.6. The molecule has 4 rings (SSSR count). The van der Waals surface area contributed by atoms with Gasteiger partial charge in [0.05, 0.1) is 6.61 Å². The van der Waals surface area contributed by atoms with Crippen molar-refractivity contribution >= 4 is 42.5 Å². The summed E-state index contributed by atoms with van der Waals surface area (Å²) < 4.78 is 4.18. The lowest BCUT2D eigenvalue weighted by atomic mass is 9.96. The van der Waals surface area contributed by atoms with Crippen LogP contribution in [0.25, 0.3) is 36.5 Å². The van der Waals surface area contributed by atoms with Crippen LogP contribution in [0.1, 0.15) is 40.3 Å². The van der Waals surface area contributed by atoms with E-state index in [-0.39, 0.29) is 5.75 Å². The van der Waals surface area contributed by atoms with E-state index in [1.54, 1.807) is 13.0 Å². The zero-order valence-electron chi connectivity index (χ0n) is 20.8. The summed E-state index contributed by atoms with van der Waals surface area (Å²) in [5, 5.41) is 10.7. The molecular weight excluding hydrogens is 458 g/mol. The number of carbonyl (C=O) groups excluding carboxylic acids is 1. The number of carbonyl (C=O) groups is 1. The van der Waals surface area contributed by atoms with Crippen molar-refractivity contribution in [3.05, 3.63) is 137 Å². The normalized spacial score (nSPS) is 10.9. The van der Waals surface area contributed by atoms with Gasteiger partial charge in [-0.15, -0.1) is 0 Å². The Hall–Kier alpha value is -4.83. The number of hydrogen-bond acceptors (Lipinski definition) is 3. The Kier molecular flexibility index (Phi) is 10.5. The van der Waals surface area contributed by atoms with Crippen LogP contribution in [-0.2, 0) is 4.74 Å². The second kappa shape index (κ2) is 14.5. The van der Waals surface area contributed by atoms with Crippen molar-refractivity contribution in [2.45, 2.75) is 6.92 Å². The third-order valence-electron chi connectivity index (χ3n) is 5.32. The second-order valence-electron chi connectivity index (χ2n) is 7.99. The van der Waals surface area contributed by atoms with E-state index >= 15 is 0 Å². The smallest absolute Gasteiger partial charge is 0.404 e. The lowest BCUT2D eigenvalue weighted by Gasteiger charge is -2.09. The first-order valence-electron chi connectivity index (χ1n) is 12.0. The third-order valence-corrected chi connectivity index (χ3v) is 5.32. The van der Waals surface area contributed by atoms with E-state index in [0.717, 1.165) is 33.4 Å². The Morgan fingerprint density at radius 3 is 1.49 bits per heavy atom. The number of phenolic OH excluding ortho intramolecular Hbond substituents is 1. The number of phenols is 1. The molecule has 4 aromatic rings. The van der Waals surface area contributed by atoms with Gasteiger partial charge in [0, 0.05) is 5.56 Å². The molecule has 0 saturated heterocycles. The maximum absolute atomic E-state index is 10.7. The Balaban J connectivity index is 0.000000568. The van der Waals surface area contributed by atoms with Gasteiger partial charge < -0.3 is 15.6 Å². The molecule has 0 saturated carbocycles. The number of amides is 1. The minimum Gasteiger partial charge on any atom is -0.507 e. The predicted molar refractivity (Wildman–Crippen MR) is 155 cm³/mol.